The summed E-state index contributed by atoms with van der Waals surface area (Å²) in [5.74, 6) is 0. The summed E-state index contributed by atoms with van der Waals surface area (Å²) >= 11 is 0. The first-order valence-electron chi connectivity index (χ1n) is 2.90. The summed E-state index contributed by atoms with van der Waals surface area (Å²) in [6, 6.07) is 0. The minimum absolute atomic E-state index is 0.0387. The van der Waals surface area contributed by atoms with Crippen LogP contribution in [0.1, 0.15) is 6.92 Å². The molecule has 0 rings (SSSR count). The highest BCUT2D eigenvalue weighted by Gasteiger charge is 2.21. The van der Waals surface area contributed by atoms with Crippen LogP contribution in [0.2, 0.25) is 0 Å². The Balaban J connectivity index is 4.98. The molecule has 0 aliphatic heterocycles. The van der Waals surface area contributed by atoms with Gasteiger partial charge in [0, 0.05) is 5.70 Å². The van der Waals surface area contributed by atoms with Crippen molar-refractivity contribution in [2.45, 2.75) is 6.92 Å². The third-order valence-electron chi connectivity index (χ3n) is 0.890. The van der Waals surface area contributed by atoms with Crippen molar-refractivity contribution in [2.24, 2.45) is 15.7 Å². The Morgan fingerprint density at radius 3 is 2.42 bits per heavy atom. The van der Waals surface area contributed by atoms with Gasteiger partial charge in [-0.15, -0.1) is 0 Å². The van der Waals surface area contributed by atoms with Crippen LogP contribution in [-0.4, -0.2) is 22.8 Å². The first kappa shape index (κ1) is 11.0. The lowest BCUT2D eigenvalue weighted by molar-refractivity contribution is 0.381. The molecule has 0 bridgehead atoms. The van der Waals surface area contributed by atoms with Crippen LogP contribution in [0.15, 0.2) is 21.1 Å². The van der Waals surface area contributed by atoms with E-state index in [0.29, 0.717) is 0 Å². The van der Waals surface area contributed by atoms with Crippen LogP contribution in [0.3, 0.4) is 0 Å². The molecule has 0 aliphatic rings. The number of nitrogens with two attached hydrogens (primary N) is 1. The van der Waals surface area contributed by atoms with Gasteiger partial charge in [-0.3, -0.25) is 9.56 Å². The maximum atomic E-state index is 10.7. The second-order valence-corrected chi connectivity index (χ2v) is 3.49. The van der Waals surface area contributed by atoms with E-state index in [-0.39, 0.29) is 5.70 Å². The molecule has 7 heteroatoms. The van der Waals surface area contributed by atoms with Crippen molar-refractivity contribution in [3.05, 3.63) is 11.1 Å². The van der Waals surface area contributed by atoms with Crippen molar-refractivity contribution in [3.63, 3.8) is 0 Å². The molecule has 0 aliphatic carbocycles. The standard InChI is InChI=1S/C5H10N3O3P/c1-4(6)5(8-3-7-2)12(9,10)11/h3H,2,6H2,1H3,(H2,9,10,11)/b5-4-,8-3-. The molecule has 4 N–H and O–H groups in total. The summed E-state index contributed by atoms with van der Waals surface area (Å²) in [5.41, 5.74) is 4.66. The first-order chi connectivity index (χ1) is 5.39. The van der Waals surface area contributed by atoms with E-state index in [9.17, 15) is 4.57 Å². The maximum Gasteiger partial charge on any atom is 0.376 e. The molecular formula is C5H10N3O3P. The van der Waals surface area contributed by atoms with E-state index >= 15 is 0 Å². The van der Waals surface area contributed by atoms with Crippen LogP contribution in [0.25, 0.3) is 0 Å². The Kier molecular flexibility index (Phi) is 3.82. The Labute approximate surface area is 69.7 Å². The molecule has 0 aromatic carbocycles. The molecule has 0 fully saturated rings. The zero-order chi connectivity index (χ0) is 9.78. The Morgan fingerprint density at radius 2 is 2.17 bits per heavy atom. The zero-order valence-electron chi connectivity index (χ0n) is 6.51. The predicted octanol–water partition coefficient (Wildman–Crippen LogP) is 0.0407. The van der Waals surface area contributed by atoms with Crippen molar-refractivity contribution in [3.8, 4) is 0 Å². The van der Waals surface area contributed by atoms with Gasteiger partial charge in [-0.1, -0.05) is 0 Å². The summed E-state index contributed by atoms with van der Waals surface area (Å²) in [6.07, 6.45) is 0.921. The molecule has 0 amide bonds. The van der Waals surface area contributed by atoms with Gasteiger partial charge in [-0.2, -0.15) is 0 Å². The molecule has 6 nitrogen and oxygen atoms in total. The van der Waals surface area contributed by atoms with Crippen molar-refractivity contribution in [1.29, 1.82) is 0 Å². The number of hydrogen-bond donors (Lipinski definition) is 3. The number of allylic oxidation sites excluding steroid dienone is 1. The fourth-order valence-corrected chi connectivity index (χ4v) is 1.16. The van der Waals surface area contributed by atoms with E-state index in [1.54, 1.807) is 0 Å². The molecule has 0 unspecified atom stereocenters. The lowest BCUT2D eigenvalue weighted by Crippen LogP contribution is -1.97. The normalized spacial score (nSPS) is 14.6. The zero-order valence-corrected chi connectivity index (χ0v) is 7.40. The number of hydrogen-bond acceptors (Lipinski definition) is 3. The van der Waals surface area contributed by atoms with Gasteiger partial charge in [-0.25, -0.2) is 4.99 Å². The van der Waals surface area contributed by atoms with Crippen molar-refractivity contribution < 1.29 is 14.4 Å². The lowest BCUT2D eigenvalue weighted by Gasteiger charge is -2.04. The monoisotopic (exact) mass is 191 g/mol. The van der Waals surface area contributed by atoms with Crippen molar-refractivity contribution in [1.82, 2.24) is 0 Å². The largest absolute Gasteiger partial charge is 0.400 e. The smallest absolute Gasteiger partial charge is 0.376 e. The van der Waals surface area contributed by atoms with E-state index in [2.05, 4.69) is 16.7 Å². The predicted molar refractivity (Wildman–Crippen MR) is 47.0 cm³/mol. The third kappa shape index (κ3) is 3.43. The Hall–Kier alpha value is -0.970. The second-order valence-electron chi connectivity index (χ2n) is 1.98. The van der Waals surface area contributed by atoms with Crippen LogP contribution in [-0.2, 0) is 4.57 Å². The van der Waals surface area contributed by atoms with E-state index in [1.807, 2.05) is 0 Å². The van der Waals surface area contributed by atoms with Gasteiger partial charge in [0.05, 0.1) is 0 Å². The molecule has 0 saturated carbocycles. The van der Waals surface area contributed by atoms with Crippen LogP contribution < -0.4 is 5.73 Å². The summed E-state index contributed by atoms with van der Waals surface area (Å²) in [7, 11) is -4.39. The minimum Gasteiger partial charge on any atom is -0.400 e. The summed E-state index contributed by atoms with van der Waals surface area (Å²) in [4.78, 5) is 23.9. The molecular weight excluding hydrogens is 181 g/mol. The van der Waals surface area contributed by atoms with Crippen LogP contribution in [0.4, 0.5) is 0 Å². The Morgan fingerprint density at radius 1 is 1.67 bits per heavy atom. The van der Waals surface area contributed by atoms with Gasteiger partial charge in [0.2, 0.25) is 0 Å². The van der Waals surface area contributed by atoms with Crippen LogP contribution >= 0.6 is 7.60 Å². The molecule has 0 aromatic rings. The van der Waals surface area contributed by atoms with Crippen molar-refractivity contribution in [2.75, 3.05) is 0 Å². The summed E-state index contributed by atoms with van der Waals surface area (Å²) in [5, 5.41) is 0. The molecule has 0 heterocycles. The maximum absolute atomic E-state index is 10.7. The van der Waals surface area contributed by atoms with Gasteiger partial charge >= 0.3 is 7.60 Å². The highest BCUT2D eigenvalue weighted by Crippen LogP contribution is 2.46. The molecule has 0 aromatic heterocycles. The highest BCUT2D eigenvalue weighted by molar-refractivity contribution is 7.56. The quantitative estimate of drug-likeness (QED) is 0.332. The average Bonchev–Trinajstić information content (AvgIpc) is 1.84. The highest BCUT2D eigenvalue weighted by atomic mass is 31.2. The van der Waals surface area contributed by atoms with Crippen LogP contribution in [0, 0.1) is 0 Å². The second kappa shape index (κ2) is 4.15. The summed E-state index contributed by atoms with van der Waals surface area (Å²) in [6.45, 7) is 4.40. The molecule has 12 heavy (non-hydrogen) atoms. The molecule has 0 saturated heterocycles. The number of aliphatic imine (C=N–C) groups is 2. The minimum atomic E-state index is -4.39. The summed E-state index contributed by atoms with van der Waals surface area (Å²) < 4.78 is 10.7. The van der Waals surface area contributed by atoms with Gasteiger partial charge in [0.15, 0.2) is 5.44 Å². The first-order valence-corrected chi connectivity index (χ1v) is 4.51. The fraction of sp³-hybridized carbons (Fsp3) is 0.200. The van der Waals surface area contributed by atoms with Gasteiger partial charge in [0.25, 0.3) is 0 Å². The topological polar surface area (TPSA) is 108 Å². The average molecular weight is 191 g/mol. The molecule has 0 radical (unpaired) electrons. The SMILES string of the molecule is C=N/C=N\C(=C(/C)N)P(=O)(O)O. The molecule has 0 spiro atoms. The lowest BCUT2D eigenvalue weighted by atomic mass is 10.6. The van der Waals surface area contributed by atoms with Gasteiger partial charge in [-0.05, 0) is 13.6 Å². The molecule has 68 valence electrons. The van der Waals surface area contributed by atoms with Crippen molar-refractivity contribution >= 4 is 20.7 Å². The third-order valence-corrected chi connectivity index (χ3v) is 1.91. The van der Waals surface area contributed by atoms with Gasteiger partial charge in [0.1, 0.15) is 6.34 Å². The Bertz CT molecular complexity index is 274. The van der Waals surface area contributed by atoms with E-state index < -0.39 is 13.0 Å². The number of nitrogens with zero attached hydrogens (tertiary/aromatic N) is 2. The van der Waals surface area contributed by atoms with Crippen LogP contribution in [0.5, 0.6) is 0 Å². The molecule has 0 atom stereocenters. The fourth-order valence-electron chi connectivity index (χ4n) is 0.502. The van der Waals surface area contributed by atoms with E-state index in [4.69, 9.17) is 15.5 Å². The van der Waals surface area contributed by atoms with E-state index in [0.717, 1.165) is 6.34 Å². The van der Waals surface area contributed by atoms with E-state index in [1.165, 1.54) is 6.92 Å². The number of rotatable bonds is 3. The van der Waals surface area contributed by atoms with Gasteiger partial charge < -0.3 is 15.5 Å².